The first-order valence-corrected chi connectivity index (χ1v) is 8.59. The number of carbonyl (C=O) groups excluding carboxylic acids is 2. The van der Waals surface area contributed by atoms with Crippen LogP contribution < -0.4 is 5.32 Å². The maximum atomic E-state index is 12.9. The smallest absolute Gasteiger partial charge is 0.314 e. The molecule has 7 heteroatoms. The molecule has 0 aromatic carbocycles. The summed E-state index contributed by atoms with van der Waals surface area (Å²) in [7, 11) is 0. The Balaban J connectivity index is 1.60. The maximum Gasteiger partial charge on any atom is 0.324 e. The first kappa shape index (κ1) is 14.1. The quantitative estimate of drug-likeness (QED) is 0.857. The van der Waals surface area contributed by atoms with Gasteiger partial charge in [0.15, 0.2) is 6.17 Å². The molecule has 0 aromatic rings. The van der Waals surface area contributed by atoms with Crippen LogP contribution in [-0.2, 0) is 0 Å². The van der Waals surface area contributed by atoms with Crippen molar-refractivity contribution in [2.24, 2.45) is 0 Å². The number of nitrogens with one attached hydrogen (secondary N) is 1. The summed E-state index contributed by atoms with van der Waals surface area (Å²) in [4.78, 5) is 33.1. The molecule has 1 N–H and O–H groups in total. The third-order valence-electron chi connectivity index (χ3n) is 5.43. The van der Waals surface area contributed by atoms with E-state index in [1.54, 1.807) is 0 Å². The first-order valence-electron chi connectivity index (χ1n) is 8.59. The highest BCUT2D eigenvalue weighted by Crippen LogP contribution is 2.36. The van der Waals surface area contributed by atoms with E-state index in [4.69, 9.17) is 0 Å². The van der Waals surface area contributed by atoms with Gasteiger partial charge >= 0.3 is 12.1 Å². The molecule has 0 bridgehead atoms. The summed E-state index contributed by atoms with van der Waals surface area (Å²) in [5.74, 6) is 0. The van der Waals surface area contributed by atoms with E-state index in [0.29, 0.717) is 13.3 Å². The maximum absolute atomic E-state index is 12.9. The van der Waals surface area contributed by atoms with E-state index in [1.165, 1.54) is 19.3 Å². The van der Waals surface area contributed by atoms with Gasteiger partial charge in [-0.25, -0.2) is 9.59 Å². The largest absolute Gasteiger partial charge is 0.324 e. The fourth-order valence-electron chi connectivity index (χ4n) is 4.47. The van der Waals surface area contributed by atoms with E-state index in [0.717, 1.165) is 25.8 Å². The number of hydrogen-bond acceptors (Lipinski definition) is 3. The number of amides is 4. The molecule has 3 aliphatic heterocycles. The van der Waals surface area contributed by atoms with E-state index >= 15 is 0 Å². The van der Waals surface area contributed by atoms with E-state index in [1.807, 2.05) is 14.7 Å². The second kappa shape index (κ2) is 5.30. The molecule has 3 heterocycles. The van der Waals surface area contributed by atoms with Gasteiger partial charge in [-0.1, -0.05) is 26.2 Å². The van der Waals surface area contributed by atoms with Crippen LogP contribution >= 0.6 is 0 Å². The molecule has 1 saturated carbocycles. The topological polar surface area (TPSA) is 59.1 Å². The molecule has 122 valence electrons. The Morgan fingerprint density at radius 2 is 1.82 bits per heavy atom. The van der Waals surface area contributed by atoms with Crippen LogP contribution in [0.2, 0.25) is 0 Å². The molecule has 0 aromatic heterocycles. The fraction of sp³-hybridized carbons (Fsp3) is 0.867. The van der Waals surface area contributed by atoms with Gasteiger partial charge < -0.3 is 5.32 Å². The Kier molecular flexibility index (Phi) is 3.40. The van der Waals surface area contributed by atoms with Crippen molar-refractivity contribution in [3.05, 3.63) is 0 Å². The van der Waals surface area contributed by atoms with Crippen molar-refractivity contribution in [2.45, 2.75) is 63.8 Å². The highest BCUT2D eigenvalue weighted by Gasteiger charge is 2.58. The summed E-state index contributed by atoms with van der Waals surface area (Å²) < 4.78 is 0. The van der Waals surface area contributed by atoms with Crippen LogP contribution in [0.1, 0.15) is 45.4 Å². The average Bonchev–Trinajstić information content (AvgIpc) is 2.99. The lowest BCUT2D eigenvalue weighted by Gasteiger charge is -2.41. The van der Waals surface area contributed by atoms with Crippen molar-refractivity contribution >= 4 is 12.1 Å². The zero-order valence-corrected chi connectivity index (χ0v) is 13.2. The second-order valence-corrected chi connectivity index (χ2v) is 6.91. The third kappa shape index (κ3) is 1.98. The van der Waals surface area contributed by atoms with Crippen LogP contribution in [0.15, 0.2) is 0 Å². The normalized spacial score (nSPS) is 32.7. The van der Waals surface area contributed by atoms with Gasteiger partial charge in [-0.2, -0.15) is 0 Å². The summed E-state index contributed by atoms with van der Waals surface area (Å²) >= 11 is 0. The minimum atomic E-state index is -0.160. The summed E-state index contributed by atoms with van der Waals surface area (Å²) in [5, 5.41) is 3.05. The molecule has 7 nitrogen and oxygen atoms in total. The molecule has 0 spiro atoms. The molecule has 3 saturated heterocycles. The Hall–Kier alpha value is -1.50. The number of carbonyl (C=O) groups is 2. The highest BCUT2D eigenvalue weighted by atomic mass is 16.2. The summed E-state index contributed by atoms with van der Waals surface area (Å²) in [6, 6.07) is 0.360. The van der Waals surface area contributed by atoms with Gasteiger partial charge in [-0.3, -0.25) is 19.6 Å². The molecular formula is C15H25N5O2. The van der Waals surface area contributed by atoms with E-state index in [2.05, 4.69) is 17.1 Å². The zero-order valence-electron chi connectivity index (χ0n) is 13.2. The summed E-state index contributed by atoms with van der Waals surface area (Å²) in [6.07, 6.45) is 6.52. The molecule has 22 heavy (non-hydrogen) atoms. The number of nitrogens with zero attached hydrogens (tertiary/aromatic N) is 4. The Morgan fingerprint density at radius 1 is 1.09 bits per heavy atom. The van der Waals surface area contributed by atoms with Crippen molar-refractivity contribution in [1.82, 2.24) is 24.9 Å². The average molecular weight is 307 g/mol. The lowest BCUT2D eigenvalue weighted by molar-refractivity contribution is -0.0102. The standard InChI is InChI=1S/C15H25N5O2/c1-2-8-17-9-18-13-12(16-14(18)21)20(15(22)19(13)10-17)11-6-4-3-5-7-11/h11-13H,2-10H2,1H3,(H,16,21)/t12-,13+/m0/s1. The second-order valence-electron chi connectivity index (χ2n) is 6.91. The van der Waals surface area contributed by atoms with Crippen LogP contribution in [-0.4, -0.2) is 69.9 Å². The summed E-state index contributed by atoms with van der Waals surface area (Å²) in [6.45, 7) is 4.30. The van der Waals surface area contributed by atoms with Gasteiger partial charge in [0, 0.05) is 12.6 Å². The van der Waals surface area contributed by atoms with Gasteiger partial charge in [-0.05, 0) is 19.3 Å². The zero-order chi connectivity index (χ0) is 15.3. The Labute approximate surface area is 131 Å². The van der Waals surface area contributed by atoms with Crippen molar-refractivity contribution in [1.29, 1.82) is 0 Å². The predicted molar refractivity (Wildman–Crippen MR) is 80.6 cm³/mol. The minimum Gasteiger partial charge on any atom is -0.314 e. The molecule has 0 unspecified atom stereocenters. The first-order chi connectivity index (χ1) is 10.7. The van der Waals surface area contributed by atoms with E-state index in [-0.39, 0.29) is 30.4 Å². The van der Waals surface area contributed by atoms with Crippen LogP contribution in [0.4, 0.5) is 9.59 Å². The molecule has 4 amide bonds. The Morgan fingerprint density at radius 3 is 2.55 bits per heavy atom. The molecule has 0 radical (unpaired) electrons. The Bertz CT molecular complexity index is 479. The van der Waals surface area contributed by atoms with Gasteiger partial charge in [-0.15, -0.1) is 0 Å². The van der Waals surface area contributed by atoms with E-state index < -0.39 is 0 Å². The monoisotopic (exact) mass is 307 g/mol. The van der Waals surface area contributed by atoms with Crippen LogP contribution in [0.3, 0.4) is 0 Å². The molecule has 4 rings (SSSR count). The van der Waals surface area contributed by atoms with Gasteiger partial charge in [0.2, 0.25) is 0 Å². The lowest BCUT2D eigenvalue weighted by Crippen LogP contribution is -2.59. The van der Waals surface area contributed by atoms with Crippen molar-refractivity contribution < 1.29 is 9.59 Å². The van der Waals surface area contributed by atoms with Gasteiger partial charge in [0.25, 0.3) is 0 Å². The highest BCUT2D eigenvalue weighted by molar-refractivity contribution is 5.85. The molecule has 2 atom stereocenters. The molecule has 4 aliphatic rings. The SMILES string of the molecule is CCCN1CN2C(=O)N[C@@H]3[C@H]2N(C1)C(=O)N3C1CCCCC1. The van der Waals surface area contributed by atoms with Crippen LogP contribution in [0.5, 0.6) is 0 Å². The third-order valence-corrected chi connectivity index (χ3v) is 5.43. The van der Waals surface area contributed by atoms with Crippen LogP contribution in [0, 0.1) is 0 Å². The van der Waals surface area contributed by atoms with Crippen molar-refractivity contribution in [3.8, 4) is 0 Å². The van der Waals surface area contributed by atoms with Crippen LogP contribution in [0.25, 0.3) is 0 Å². The predicted octanol–water partition coefficient (Wildman–Crippen LogP) is 1.37. The number of urea groups is 2. The molecule has 4 fully saturated rings. The van der Waals surface area contributed by atoms with Gasteiger partial charge in [0.05, 0.1) is 13.3 Å². The van der Waals surface area contributed by atoms with E-state index in [9.17, 15) is 9.59 Å². The fourth-order valence-corrected chi connectivity index (χ4v) is 4.47. The van der Waals surface area contributed by atoms with Crippen molar-refractivity contribution in [3.63, 3.8) is 0 Å². The molecule has 1 aliphatic carbocycles. The lowest BCUT2D eigenvalue weighted by atomic mass is 9.94. The number of hydrogen-bond donors (Lipinski definition) is 1. The van der Waals surface area contributed by atoms with Gasteiger partial charge in [0.1, 0.15) is 6.17 Å². The summed E-state index contributed by atoms with van der Waals surface area (Å²) in [5.41, 5.74) is 0. The van der Waals surface area contributed by atoms with Crippen molar-refractivity contribution in [2.75, 3.05) is 19.9 Å². The molecular weight excluding hydrogens is 282 g/mol. The minimum absolute atomic E-state index is 0.0332. The number of rotatable bonds is 3.